The predicted molar refractivity (Wildman–Crippen MR) is 129 cm³/mol. The number of nitrogens with zero attached hydrogens (tertiary/aromatic N) is 2. The van der Waals surface area contributed by atoms with E-state index in [1.54, 1.807) is 0 Å². The molecule has 0 unspecified atom stereocenters. The van der Waals surface area contributed by atoms with E-state index in [-0.39, 0.29) is 5.91 Å². The van der Waals surface area contributed by atoms with Gasteiger partial charge < -0.3 is 16.0 Å². The highest BCUT2D eigenvalue weighted by atomic mass is 32.1. The molecule has 1 saturated carbocycles. The van der Waals surface area contributed by atoms with Gasteiger partial charge in [0.25, 0.3) is 5.91 Å². The molecule has 3 aromatic rings. The van der Waals surface area contributed by atoms with Crippen LogP contribution in [0, 0.1) is 12.3 Å². The van der Waals surface area contributed by atoms with Gasteiger partial charge in [-0.3, -0.25) is 4.79 Å². The third-order valence-corrected chi connectivity index (χ3v) is 8.29. The lowest BCUT2D eigenvalue weighted by Gasteiger charge is -2.48. The summed E-state index contributed by atoms with van der Waals surface area (Å²) in [5, 5.41) is 3.88. The molecule has 31 heavy (non-hydrogen) atoms. The van der Waals surface area contributed by atoms with Crippen LogP contribution in [0.5, 0.6) is 0 Å². The summed E-state index contributed by atoms with van der Waals surface area (Å²) in [5.74, 6) is -0.118. The highest BCUT2D eigenvalue weighted by molar-refractivity contribution is 7.21. The molecule has 162 valence electrons. The molecular formula is C25H30N4OS. The minimum absolute atomic E-state index is 0.118. The van der Waals surface area contributed by atoms with E-state index in [0.29, 0.717) is 22.5 Å². The summed E-state index contributed by atoms with van der Waals surface area (Å²) in [5.41, 5.74) is 10.9. The Kier molecular flexibility index (Phi) is 5.34. The number of aryl methyl sites for hydroxylation is 1. The monoisotopic (exact) mass is 434 g/mol. The molecule has 1 aromatic carbocycles. The Balaban J connectivity index is 1.15. The summed E-state index contributed by atoms with van der Waals surface area (Å²) in [6, 6.07) is 12.7. The largest absolute Gasteiger partial charge is 0.397 e. The van der Waals surface area contributed by atoms with E-state index in [0.717, 1.165) is 22.3 Å². The van der Waals surface area contributed by atoms with Crippen LogP contribution in [0.25, 0.3) is 10.2 Å². The van der Waals surface area contributed by atoms with Crippen LogP contribution in [-0.4, -0.2) is 30.5 Å². The third-order valence-electron chi connectivity index (χ3n) is 7.18. The Labute approximate surface area is 187 Å². The maximum atomic E-state index is 12.6. The van der Waals surface area contributed by atoms with Crippen LogP contribution in [0.15, 0.2) is 36.4 Å². The number of anilines is 2. The summed E-state index contributed by atoms with van der Waals surface area (Å²) in [7, 11) is 0. The van der Waals surface area contributed by atoms with Gasteiger partial charge >= 0.3 is 0 Å². The molecule has 3 N–H and O–H groups in total. The van der Waals surface area contributed by atoms with Crippen LogP contribution in [-0.2, 0) is 6.42 Å². The van der Waals surface area contributed by atoms with Gasteiger partial charge in [0.15, 0.2) is 0 Å². The van der Waals surface area contributed by atoms with E-state index in [1.165, 1.54) is 67.8 Å². The average molecular weight is 435 g/mol. The number of hydrogen-bond donors (Lipinski definition) is 2. The standard InChI is InChI=1S/C25H30N4OS/c1-17-3-8-20-21(26)22(31-24(20)28-17)23(30)27-14-9-18-4-6-19(7-5-18)29-15-12-25(13-16-29)10-2-11-25/h3-8H,2,9-16,26H2,1H3,(H,27,30). The van der Waals surface area contributed by atoms with E-state index in [4.69, 9.17) is 5.73 Å². The van der Waals surface area contributed by atoms with Crippen molar-refractivity contribution in [3.8, 4) is 0 Å². The number of piperidine rings is 1. The molecular weight excluding hydrogens is 404 g/mol. The highest BCUT2D eigenvalue weighted by Gasteiger charge is 2.39. The second-order valence-corrected chi connectivity index (χ2v) is 10.2. The zero-order chi connectivity index (χ0) is 21.4. The van der Waals surface area contributed by atoms with Crippen molar-refractivity contribution < 1.29 is 4.79 Å². The van der Waals surface area contributed by atoms with E-state index in [1.807, 2.05) is 19.1 Å². The molecule has 0 radical (unpaired) electrons. The number of hydrogen-bond acceptors (Lipinski definition) is 5. The van der Waals surface area contributed by atoms with E-state index in [2.05, 4.69) is 39.5 Å². The Morgan fingerprint density at radius 3 is 2.55 bits per heavy atom. The smallest absolute Gasteiger partial charge is 0.263 e. The maximum Gasteiger partial charge on any atom is 0.263 e. The molecule has 0 bridgehead atoms. The number of amides is 1. The number of nitrogen functional groups attached to an aromatic ring is 1. The quantitative estimate of drug-likeness (QED) is 0.597. The van der Waals surface area contributed by atoms with Gasteiger partial charge in [0, 0.05) is 36.4 Å². The van der Waals surface area contributed by atoms with Crippen LogP contribution < -0.4 is 16.0 Å². The van der Waals surface area contributed by atoms with Crippen LogP contribution in [0.2, 0.25) is 0 Å². The summed E-state index contributed by atoms with van der Waals surface area (Å²) in [6.07, 6.45) is 7.80. The summed E-state index contributed by atoms with van der Waals surface area (Å²) in [4.78, 5) is 21.0. The second-order valence-electron chi connectivity index (χ2n) is 9.16. The van der Waals surface area contributed by atoms with Crippen molar-refractivity contribution in [2.24, 2.45) is 5.41 Å². The Morgan fingerprint density at radius 2 is 1.87 bits per heavy atom. The Bertz CT molecular complexity index is 1090. The Morgan fingerprint density at radius 1 is 1.13 bits per heavy atom. The molecule has 2 aromatic heterocycles. The SMILES string of the molecule is Cc1ccc2c(N)c(C(=O)NCCc3ccc(N4CCC5(CCC5)CC4)cc3)sc2n1. The van der Waals surface area contributed by atoms with Crippen LogP contribution in [0.4, 0.5) is 11.4 Å². The van der Waals surface area contributed by atoms with Gasteiger partial charge in [-0.2, -0.15) is 0 Å². The number of carbonyl (C=O) groups is 1. The molecule has 1 saturated heterocycles. The first kappa shape index (κ1) is 20.3. The summed E-state index contributed by atoms with van der Waals surface area (Å²) >= 11 is 1.36. The summed E-state index contributed by atoms with van der Waals surface area (Å²) < 4.78 is 0. The van der Waals surface area contributed by atoms with Gasteiger partial charge in [-0.25, -0.2) is 4.98 Å². The van der Waals surface area contributed by atoms with Crippen LogP contribution in [0.3, 0.4) is 0 Å². The van der Waals surface area contributed by atoms with Gasteiger partial charge in [-0.1, -0.05) is 18.6 Å². The number of carbonyl (C=O) groups excluding carboxylic acids is 1. The lowest BCUT2D eigenvalue weighted by Crippen LogP contribution is -2.43. The number of aromatic nitrogens is 1. The number of thiophene rings is 1. The van der Waals surface area contributed by atoms with Crippen molar-refractivity contribution >= 4 is 38.8 Å². The average Bonchev–Trinajstić information content (AvgIpc) is 3.09. The topological polar surface area (TPSA) is 71.2 Å². The number of nitrogens with two attached hydrogens (primary N) is 1. The fourth-order valence-electron chi connectivity index (χ4n) is 4.95. The fourth-order valence-corrected chi connectivity index (χ4v) is 6.00. The number of fused-ring (bicyclic) bond motifs is 1. The molecule has 1 spiro atoms. The van der Waals surface area contributed by atoms with E-state index >= 15 is 0 Å². The molecule has 1 amide bonds. The molecule has 1 aliphatic carbocycles. The maximum absolute atomic E-state index is 12.6. The van der Waals surface area contributed by atoms with Crippen molar-refractivity contribution in [2.75, 3.05) is 30.3 Å². The first-order valence-corrected chi connectivity index (χ1v) is 12.1. The lowest BCUT2D eigenvalue weighted by atomic mass is 9.63. The minimum Gasteiger partial charge on any atom is -0.397 e. The minimum atomic E-state index is -0.118. The molecule has 1 aliphatic heterocycles. The molecule has 2 aliphatic rings. The summed E-state index contributed by atoms with van der Waals surface area (Å²) in [6.45, 7) is 4.89. The van der Waals surface area contributed by atoms with Gasteiger partial charge in [-0.05, 0) is 74.3 Å². The van der Waals surface area contributed by atoms with Gasteiger partial charge in [0.2, 0.25) is 0 Å². The number of rotatable bonds is 5. The molecule has 3 heterocycles. The number of pyridine rings is 1. The molecule has 2 fully saturated rings. The zero-order valence-electron chi connectivity index (χ0n) is 18.1. The van der Waals surface area contributed by atoms with Gasteiger partial charge in [0.05, 0.1) is 5.69 Å². The third kappa shape index (κ3) is 4.01. The highest BCUT2D eigenvalue weighted by Crippen LogP contribution is 2.49. The molecule has 5 rings (SSSR count). The van der Waals surface area contributed by atoms with Crippen molar-refractivity contribution in [3.05, 3.63) is 52.5 Å². The lowest BCUT2D eigenvalue weighted by molar-refractivity contribution is 0.0954. The zero-order valence-corrected chi connectivity index (χ0v) is 18.9. The molecule has 0 atom stereocenters. The van der Waals surface area contributed by atoms with Crippen molar-refractivity contribution in [2.45, 2.75) is 45.4 Å². The molecule has 5 nitrogen and oxygen atoms in total. The predicted octanol–water partition coefficient (Wildman–Crippen LogP) is 4.93. The van der Waals surface area contributed by atoms with Crippen molar-refractivity contribution in [3.63, 3.8) is 0 Å². The van der Waals surface area contributed by atoms with Gasteiger partial charge in [-0.15, -0.1) is 11.3 Å². The van der Waals surface area contributed by atoms with E-state index < -0.39 is 0 Å². The van der Waals surface area contributed by atoms with Gasteiger partial charge in [0.1, 0.15) is 9.71 Å². The second kappa shape index (κ2) is 8.15. The first-order valence-electron chi connectivity index (χ1n) is 11.3. The van der Waals surface area contributed by atoms with Crippen LogP contribution in [0.1, 0.15) is 53.0 Å². The van der Waals surface area contributed by atoms with Crippen LogP contribution >= 0.6 is 11.3 Å². The van der Waals surface area contributed by atoms with Crippen molar-refractivity contribution in [1.82, 2.24) is 10.3 Å². The Hall–Kier alpha value is -2.60. The normalized spacial score (nSPS) is 17.6. The first-order chi connectivity index (χ1) is 15.0. The fraction of sp³-hybridized carbons (Fsp3) is 0.440. The van der Waals surface area contributed by atoms with Crippen molar-refractivity contribution in [1.29, 1.82) is 0 Å². The number of nitrogens with one attached hydrogen (secondary N) is 1. The number of benzene rings is 1. The van der Waals surface area contributed by atoms with E-state index in [9.17, 15) is 4.79 Å². The molecule has 6 heteroatoms.